The first kappa shape index (κ1) is 16.0. The molecule has 1 heterocycles. The number of carbonyl (C=O) groups excluding carboxylic acids is 2. The van der Waals surface area contributed by atoms with Crippen LogP contribution in [0, 0.1) is 18.8 Å². The highest BCUT2D eigenvalue weighted by Crippen LogP contribution is 2.34. The first-order valence-corrected chi connectivity index (χ1v) is 8.39. The molecular weight excluding hydrogens is 292 g/mol. The van der Waals surface area contributed by atoms with Gasteiger partial charge in [-0.3, -0.25) is 9.59 Å². The van der Waals surface area contributed by atoms with E-state index in [4.69, 9.17) is 5.11 Å². The molecule has 5 nitrogen and oxygen atoms in total. The number of amides is 2. The number of aryl methyl sites for hydroxylation is 1. The number of hydrogen-bond donors (Lipinski definition) is 2. The molecule has 0 spiro atoms. The molecule has 1 aromatic carbocycles. The summed E-state index contributed by atoms with van der Waals surface area (Å²) in [7, 11) is 0. The van der Waals surface area contributed by atoms with Crippen molar-refractivity contribution in [2.75, 3.05) is 18.1 Å². The van der Waals surface area contributed by atoms with Crippen LogP contribution in [0.3, 0.4) is 0 Å². The number of hydrogen-bond acceptors (Lipinski definition) is 3. The molecule has 1 aliphatic carbocycles. The largest absolute Gasteiger partial charge is 0.396 e. The Morgan fingerprint density at radius 1 is 1.30 bits per heavy atom. The third-order valence-electron chi connectivity index (χ3n) is 4.83. The number of aliphatic hydroxyl groups is 1. The molecule has 3 rings (SSSR count). The monoisotopic (exact) mass is 316 g/mol. The lowest BCUT2D eigenvalue weighted by molar-refractivity contribution is -0.132. The van der Waals surface area contributed by atoms with Gasteiger partial charge in [-0.2, -0.15) is 0 Å². The fourth-order valence-electron chi connectivity index (χ4n) is 3.25. The lowest BCUT2D eigenvalue weighted by Crippen LogP contribution is -2.43. The molecule has 0 aromatic heterocycles. The minimum atomic E-state index is -0.601. The second-order valence-electron chi connectivity index (χ2n) is 6.63. The van der Waals surface area contributed by atoms with Gasteiger partial charge >= 0.3 is 0 Å². The highest BCUT2D eigenvalue weighted by Gasteiger charge is 2.40. The molecule has 1 aromatic rings. The fourth-order valence-corrected chi connectivity index (χ4v) is 3.25. The molecular formula is C18H24N2O3. The van der Waals surface area contributed by atoms with Crippen molar-refractivity contribution < 1.29 is 14.7 Å². The topological polar surface area (TPSA) is 69.6 Å². The lowest BCUT2D eigenvalue weighted by Gasteiger charge is -2.20. The van der Waals surface area contributed by atoms with Crippen LogP contribution in [0.5, 0.6) is 0 Å². The van der Waals surface area contributed by atoms with Gasteiger partial charge in [-0.05, 0) is 50.7 Å². The molecule has 2 aliphatic rings. The summed E-state index contributed by atoms with van der Waals surface area (Å²) < 4.78 is 0. The maximum atomic E-state index is 12.6. The highest BCUT2D eigenvalue weighted by molar-refractivity contribution is 6.09. The zero-order valence-electron chi connectivity index (χ0n) is 13.5. The average molecular weight is 316 g/mol. The highest BCUT2D eigenvalue weighted by atomic mass is 16.3. The Labute approximate surface area is 136 Å². The van der Waals surface area contributed by atoms with Crippen LogP contribution in [0.25, 0.3) is 0 Å². The fraction of sp³-hybridized carbons (Fsp3) is 0.556. The van der Waals surface area contributed by atoms with Crippen LogP contribution in [0.2, 0.25) is 0 Å². The van der Waals surface area contributed by atoms with Gasteiger partial charge in [-0.1, -0.05) is 17.7 Å². The second-order valence-corrected chi connectivity index (χ2v) is 6.63. The van der Waals surface area contributed by atoms with Crippen molar-refractivity contribution in [1.29, 1.82) is 0 Å². The lowest BCUT2D eigenvalue weighted by atomic mass is 10.0. The van der Waals surface area contributed by atoms with E-state index in [0.717, 1.165) is 24.1 Å². The van der Waals surface area contributed by atoms with E-state index in [1.807, 2.05) is 31.2 Å². The molecule has 2 fully saturated rings. The summed E-state index contributed by atoms with van der Waals surface area (Å²) in [4.78, 5) is 26.7. The first-order valence-electron chi connectivity index (χ1n) is 8.39. The molecule has 1 aliphatic heterocycles. The molecule has 1 saturated heterocycles. The van der Waals surface area contributed by atoms with Crippen LogP contribution < -0.4 is 10.2 Å². The molecule has 0 bridgehead atoms. The zero-order valence-corrected chi connectivity index (χ0v) is 13.5. The summed E-state index contributed by atoms with van der Waals surface area (Å²) in [6.45, 7) is 2.65. The summed E-state index contributed by atoms with van der Waals surface area (Å²) in [6.07, 6.45) is 3.31. The predicted molar refractivity (Wildman–Crippen MR) is 88.0 cm³/mol. The molecule has 2 amide bonds. The van der Waals surface area contributed by atoms with Gasteiger partial charge < -0.3 is 15.3 Å². The van der Waals surface area contributed by atoms with E-state index in [0.29, 0.717) is 25.3 Å². The Morgan fingerprint density at radius 3 is 2.61 bits per heavy atom. The van der Waals surface area contributed by atoms with Crippen molar-refractivity contribution in [3.05, 3.63) is 29.8 Å². The molecule has 2 N–H and O–H groups in total. The summed E-state index contributed by atoms with van der Waals surface area (Å²) in [6, 6.07) is 7.80. The standard InChI is InChI=1S/C18H24N2O3/c1-12-2-6-14(7-3-12)20-10-8-15(18(20)23)17(22)19-16(9-11-21)13-4-5-13/h2-3,6-7,13,15-16,21H,4-5,8-11H2,1H3,(H,19,22). The van der Waals surface area contributed by atoms with Crippen LogP contribution in [0.15, 0.2) is 24.3 Å². The normalized spacial score (nSPS) is 22.3. The molecule has 1 saturated carbocycles. The van der Waals surface area contributed by atoms with E-state index in [-0.39, 0.29) is 24.5 Å². The van der Waals surface area contributed by atoms with E-state index in [1.165, 1.54) is 0 Å². The number of rotatable bonds is 6. The van der Waals surface area contributed by atoms with Crippen molar-refractivity contribution in [1.82, 2.24) is 5.32 Å². The van der Waals surface area contributed by atoms with Crippen molar-refractivity contribution in [2.45, 2.75) is 38.6 Å². The maximum absolute atomic E-state index is 12.6. The van der Waals surface area contributed by atoms with E-state index >= 15 is 0 Å². The Kier molecular flexibility index (Phi) is 4.66. The van der Waals surface area contributed by atoms with E-state index in [9.17, 15) is 9.59 Å². The molecule has 124 valence electrons. The Morgan fingerprint density at radius 2 is 2.00 bits per heavy atom. The Bertz CT molecular complexity index is 580. The van der Waals surface area contributed by atoms with Crippen LogP contribution in [0.4, 0.5) is 5.69 Å². The first-order chi connectivity index (χ1) is 11.1. The minimum Gasteiger partial charge on any atom is -0.396 e. The summed E-state index contributed by atoms with van der Waals surface area (Å²) in [5.41, 5.74) is 2.00. The van der Waals surface area contributed by atoms with Gasteiger partial charge in [0.25, 0.3) is 0 Å². The number of benzene rings is 1. The van der Waals surface area contributed by atoms with Crippen molar-refractivity contribution in [3.8, 4) is 0 Å². The number of carbonyl (C=O) groups is 2. The SMILES string of the molecule is Cc1ccc(N2CCC(C(=O)NC(CCO)C3CC3)C2=O)cc1. The number of nitrogens with one attached hydrogen (secondary N) is 1. The minimum absolute atomic E-state index is 0.00808. The Balaban J connectivity index is 1.63. The molecule has 5 heteroatoms. The predicted octanol–water partition coefficient (Wildman–Crippen LogP) is 1.63. The van der Waals surface area contributed by atoms with E-state index in [2.05, 4.69) is 5.32 Å². The number of nitrogens with zero attached hydrogens (tertiary/aromatic N) is 1. The van der Waals surface area contributed by atoms with Gasteiger partial charge in [-0.15, -0.1) is 0 Å². The number of anilines is 1. The van der Waals surface area contributed by atoms with E-state index in [1.54, 1.807) is 4.90 Å². The zero-order chi connectivity index (χ0) is 16.4. The maximum Gasteiger partial charge on any atom is 0.239 e. The summed E-state index contributed by atoms with van der Waals surface area (Å²) >= 11 is 0. The van der Waals surface area contributed by atoms with Gasteiger partial charge in [0, 0.05) is 24.9 Å². The van der Waals surface area contributed by atoms with Gasteiger partial charge in [-0.25, -0.2) is 0 Å². The smallest absolute Gasteiger partial charge is 0.239 e. The van der Waals surface area contributed by atoms with Crippen LogP contribution >= 0.6 is 0 Å². The Hall–Kier alpha value is -1.88. The summed E-state index contributed by atoms with van der Waals surface area (Å²) in [5.74, 6) is -0.438. The van der Waals surface area contributed by atoms with E-state index < -0.39 is 5.92 Å². The van der Waals surface area contributed by atoms with Crippen LogP contribution in [-0.4, -0.2) is 36.1 Å². The molecule has 2 unspecified atom stereocenters. The third kappa shape index (κ3) is 3.55. The second kappa shape index (κ2) is 6.71. The summed E-state index contributed by atoms with van der Waals surface area (Å²) in [5, 5.41) is 12.1. The van der Waals surface area contributed by atoms with Crippen LogP contribution in [-0.2, 0) is 9.59 Å². The van der Waals surface area contributed by atoms with Gasteiger partial charge in [0.05, 0.1) is 0 Å². The molecule has 0 radical (unpaired) electrons. The van der Waals surface area contributed by atoms with Crippen molar-refractivity contribution >= 4 is 17.5 Å². The number of aliphatic hydroxyl groups excluding tert-OH is 1. The van der Waals surface area contributed by atoms with Gasteiger partial charge in [0.1, 0.15) is 5.92 Å². The molecule has 23 heavy (non-hydrogen) atoms. The van der Waals surface area contributed by atoms with Crippen molar-refractivity contribution in [2.24, 2.45) is 11.8 Å². The quantitative estimate of drug-likeness (QED) is 0.784. The van der Waals surface area contributed by atoms with Gasteiger partial charge in [0.2, 0.25) is 11.8 Å². The van der Waals surface area contributed by atoms with Crippen molar-refractivity contribution in [3.63, 3.8) is 0 Å². The molecule has 2 atom stereocenters. The van der Waals surface area contributed by atoms with Crippen LogP contribution in [0.1, 0.15) is 31.2 Å². The third-order valence-corrected chi connectivity index (χ3v) is 4.83. The van der Waals surface area contributed by atoms with Gasteiger partial charge in [0.15, 0.2) is 0 Å². The average Bonchev–Trinajstić information content (AvgIpc) is 3.31.